The molecular formula is C15H19BrN2O. The van der Waals surface area contributed by atoms with Gasteiger partial charge in [-0.1, -0.05) is 12.1 Å². The maximum atomic E-state index is 5.64. The number of hydrogen-bond acceptors (Lipinski definition) is 2. The number of nitrogens with zero attached hydrogens (tertiary/aromatic N) is 2. The summed E-state index contributed by atoms with van der Waals surface area (Å²) in [6, 6.07) is 8.25. The first-order valence-corrected chi connectivity index (χ1v) is 7.20. The number of hydrogen-bond donors (Lipinski definition) is 0. The van der Waals surface area contributed by atoms with Crippen molar-refractivity contribution in [2.75, 3.05) is 0 Å². The van der Waals surface area contributed by atoms with Gasteiger partial charge in [0.15, 0.2) is 0 Å². The van der Waals surface area contributed by atoms with Crippen LogP contribution in [0.25, 0.3) is 0 Å². The molecule has 102 valence electrons. The molecule has 2 aromatic rings. The van der Waals surface area contributed by atoms with Gasteiger partial charge in [-0.2, -0.15) is 0 Å². The Morgan fingerprint density at radius 1 is 1.26 bits per heavy atom. The van der Waals surface area contributed by atoms with Gasteiger partial charge in [0.1, 0.15) is 16.2 Å². The summed E-state index contributed by atoms with van der Waals surface area (Å²) in [4.78, 5) is 4.42. The highest BCUT2D eigenvalue weighted by Gasteiger charge is 2.10. The quantitative estimate of drug-likeness (QED) is 0.854. The molecule has 4 heteroatoms. The Hall–Kier alpha value is -1.29. The molecule has 0 saturated carbocycles. The summed E-state index contributed by atoms with van der Waals surface area (Å²) in [5.41, 5.74) is 2.44. The Bertz CT molecular complexity index is 558. The lowest BCUT2D eigenvalue weighted by atomic mass is 10.1. The van der Waals surface area contributed by atoms with Gasteiger partial charge in [0.2, 0.25) is 0 Å². The molecule has 0 fully saturated rings. The van der Waals surface area contributed by atoms with Crippen molar-refractivity contribution in [3.8, 4) is 5.75 Å². The highest BCUT2D eigenvalue weighted by Crippen LogP contribution is 2.21. The van der Waals surface area contributed by atoms with Crippen LogP contribution >= 0.6 is 15.9 Å². The average molecular weight is 323 g/mol. The maximum absolute atomic E-state index is 5.64. The average Bonchev–Trinajstić information content (AvgIpc) is 2.58. The minimum Gasteiger partial charge on any atom is -0.491 e. The molecule has 0 radical (unpaired) electrons. The first-order chi connectivity index (χ1) is 8.97. The van der Waals surface area contributed by atoms with Crippen LogP contribution in [0.15, 0.2) is 28.9 Å². The Balaban J connectivity index is 2.15. The van der Waals surface area contributed by atoms with Crippen molar-refractivity contribution in [1.29, 1.82) is 0 Å². The van der Waals surface area contributed by atoms with Crippen LogP contribution in [0.1, 0.15) is 30.9 Å². The maximum Gasteiger partial charge on any atom is 0.127 e. The summed E-state index contributed by atoms with van der Waals surface area (Å²) < 4.78 is 8.68. The predicted octanol–water partition coefficient (Wildman–Crippen LogP) is 3.87. The molecule has 2 rings (SSSR count). The highest BCUT2D eigenvalue weighted by molar-refractivity contribution is 9.10. The van der Waals surface area contributed by atoms with E-state index in [1.54, 1.807) is 0 Å². The van der Waals surface area contributed by atoms with Crippen LogP contribution < -0.4 is 4.74 Å². The Labute approximate surface area is 122 Å². The van der Waals surface area contributed by atoms with Crippen LogP contribution in [0.5, 0.6) is 5.75 Å². The monoisotopic (exact) mass is 322 g/mol. The third kappa shape index (κ3) is 3.38. The topological polar surface area (TPSA) is 27.1 Å². The lowest BCUT2D eigenvalue weighted by Crippen LogP contribution is -2.05. The first-order valence-electron chi connectivity index (χ1n) is 6.40. The molecule has 0 unspecified atom stereocenters. The van der Waals surface area contributed by atoms with Gasteiger partial charge in [-0.3, -0.25) is 0 Å². The minimum absolute atomic E-state index is 0.208. The fourth-order valence-corrected chi connectivity index (χ4v) is 2.62. The van der Waals surface area contributed by atoms with Crippen molar-refractivity contribution in [3.63, 3.8) is 0 Å². The van der Waals surface area contributed by atoms with Crippen LogP contribution in [0.4, 0.5) is 0 Å². The summed E-state index contributed by atoms with van der Waals surface area (Å²) in [5, 5.41) is 0. The second kappa shape index (κ2) is 5.78. The molecular weight excluding hydrogens is 304 g/mol. The number of benzene rings is 1. The van der Waals surface area contributed by atoms with Crippen molar-refractivity contribution in [2.45, 2.75) is 33.3 Å². The zero-order valence-corrected chi connectivity index (χ0v) is 13.4. The van der Waals surface area contributed by atoms with E-state index in [4.69, 9.17) is 4.74 Å². The van der Waals surface area contributed by atoms with Gasteiger partial charge in [-0.05, 0) is 54.4 Å². The van der Waals surface area contributed by atoms with Crippen molar-refractivity contribution >= 4 is 15.9 Å². The second-order valence-corrected chi connectivity index (χ2v) is 5.69. The Morgan fingerprint density at radius 3 is 2.37 bits per heavy atom. The smallest absolute Gasteiger partial charge is 0.127 e. The van der Waals surface area contributed by atoms with E-state index in [0.717, 1.165) is 22.6 Å². The number of imidazole rings is 1. The molecule has 0 saturated heterocycles. The summed E-state index contributed by atoms with van der Waals surface area (Å²) in [6.07, 6.45) is 1.07. The van der Waals surface area contributed by atoms with Crippen LogP contribution in [0.3, 0.4) is 0 Å². The molecule has 0 N–H and O–H groups in total. The molecule has 1 heterocycles. The van der Waals surface area contributed by atoms with Gasteiger partial charge in [-0.25, -0.2) is 4.98 Å². The number of ether oxygens (including phenoxy) is 1. The first kappa shape index (κ1) is 14.1. The molecule has 0 amide bonds. The summed E-state index contributed by atoms with van der Waals surface area (Å²) in [5.74, 6) is 1.93. The lowest BCUT2D eigenvalue weighted by Gasteiger charge is -2.10. The Kier molecular flexibility index (Phi) is 4.30. The molecule has 0 atom stereocenters. The third-order valence-electron chi connectivity index (χ3n) is 3.06. The fraction of sp³-hybridized carbons (Fsp3) is 0.400. The van der Waals surface area contributed by atoms with Gasteiger partial charge in [-0.15, -0.1) is 0 Å². The van der Waals surface area contributed by atoms with Gasteiger partial charge in [0.25, 0.3) is 0 Å². The van der Waals surface area contributed by atoms with E-state index in [9.17, 15) is 0 Å². The van der Waals surface area contributed by atoms with Crippen molar-refractivity contribution in [2.24, 2.45) is 7.05 Å². The molecule has 1 aromatic heterocycles. The minimum atomic E-state index is 0.208. The predicted molar refractivity (Wildman–Crippen MR) is 80.7 cm³/mol. The van der Waals surface area contributed by atoms with Crippen LogP contribution in [-0.4, -0.2) is 15.7 Å². The lowest BCUT2D eigenvalue weighted by molar-refractivity contribution is 0.242. The number of halogens is 1. The SMILES string of the molecule is Cc1nc(Br)c(Cc2ccc(OC(C)C)cc2)n1C. The van der Waals surface area contributed by atoms with Gasteiger partial charge in [0.05, 0.1) is 11.8 Å². The van der Waals surface area contributed by atoms with Crippen LogP contribution in [-0.2, 0) is 13.5 Å². The standard InChI is InChI=1S/C15H19BrN2O/c1-10(2)19-13-7-5-12(6-8-13)9-14-15(16)17-11(3)18(14)4/h5-8,10H,9H2,1-4H3. The zero-order chi connectivity index (χ0) is 14.0. The van der Waals surface area contributed by atoms with E-state index in [1.165, 1.54) is 11.3 Å². The van der Waals surface area contributed by atoms with E-state index in [-0.39, 0.29) is 6.10 Å². The van der Waals surface area contributed by atoms with Crippen LogP contribution in [0, 0.1) is 6.92 Å². The number of rotatable bonds is 4. The third-order valence-corrected chi connectivity index (χ3v) is 3.69. The molecule has 1 aromatic carbocycles. The van der Waals surface area contributed by atoms with E-state index < -0.39 is 0 Å². The molecule has 0 aliphatic carbocycles. The molecule has 0 spiro atoms. The largest absolute Gasteiger partial charge is 0.491 e. The van der Waals surface area contributed by atoms with E-state index in [0.29, 0.717) is 0 Å². The van der Waals surface area contributed by atoms with Crippen molar-refractivity contribution in [1.82, 2.24) is 9.55 Å². The van der Waals surface area contributed by atoms with Gasteiger partial charge < -0.3 is 9.30 Å². The van der Waals surface area contributed by atoms with Gasteiger partial charge in [0, 0.05) is 13.5 Å². The second-order valence-electron chi connectivity index (χ2n) is 4.94. The molecule has 19 heavy (non-hydrogen) atoms. The summed E-state index contributed by atoms with van der Waals surface area (Å²) >= 11 is 3.52. The van der Waals surface area contributed by atoms with Gasteiger partial charge >= 0.3 is 0 Å². The number of aryl methyl sites for hydroxylation is 1. The molecule has 0 aliphatic heterocycles. The van der Waals surface area contributed by atoms with E-state index >= 15 is 0 Å². The van der Waals surface area contributed by atoms with Crippen LogP contribution in [0.2, 0.25) is 0 Å². The van der Waals surface area contributed by atoms with E-state index in [1.807, 2.05) is 40.0 Å². The molecule has 0 bridgehead atoms. The highest BCUT2D eigenvalue weighted by atomic mass is 79.9. The number of aromatic nitrogens is 2. The normalized spacial score (nSPS) is 11.1. The van der Waals surface area contributed by atoms with Crippen molar-refractivity contribution < 1.29 is 4.74 Å². The summed E-state index contributed by atoms with van der Waals surface area (Å²) in [7, 11) is 2.04. The summed E-state index contributed by atoms with van der Waals surface area (Å²) in [6.45, 7) is 6.07. The van der Waals surface area contributed by atoms with Crippen molar-refractivity contribution in [3.05, 3.63) is 46.0 Å². The van der Waals surface area contributed by atoms with E-state index in [2.05, 4.69) is 37.6 Å². The fourth-order valence-electron chi connectivity index (χ4n) is 1.96. The zero-order valence-electron chi connectivity index (χ0n) is 11.8. The Morgan fingerprint density at radius 2 is 1.89 bits per heavy atom. The molecule has 3 nitrogen and oxygen atoms in total. The molecule has 0 aliphatic rings.